The highest BCUT2D eigenvalue weighted by atomic mass is 32.2. The Bertz CT molecular complexity index is 1000. The molecule has 3 aromatic carbocycles. The van der Waals surface area contributed by atoms with Gasteiger partial charge in [-0.2, -0.15) is 0 Å². The molecule has 2 nitrogen and oxygen atoms in total. The van der Waals surface area contributed by atoms with Gasteiger partial charge in [-0.3, -0.25) is 4.79 Å². The second-order valence-corrected chi connectivity index (χ2v) is 7.41. The van der Waals surface area contributed by atoms with Crippen LogP contribution in [0.1, 0.15) is 21.5 Å². The van der Waals surface area contributed by atoms with Gasteiger partial charge >= 0.3 is 0 Å². The van der Waals surface area contributed by atoms with E-state index in [4.69, 9.17) is 0 Å². The highest BCUT2D eigenvalue weighted by Gasteiger charge is 2.35. The van der Waals surface area contributed by atoms with E-state index in [1.54, 1.807) is 0 Å². The first-order chi connectivity index (χ1) is 12.3. The van der Waals surface area contributed by atoms with Crippen LogP contribution in [0.2, 0.25) is 0 Å². The Labute approximate surface area is 150 Å². The van der Waals surface area contributed by atoms with Crippen molar-refractivity contribution in [3.05, 3.63) is 89.5 Å². The van der Waals surface area contributed by atoms with Crippen LogP contribution in [0.5, 0.6) is 0 Å². The van der Waals surface area contributed by atoms with E-state index >= 15 is 0 Å². The van der Waals surface area contributed by atoms with Crippen LogP contribution < -0.4 is 0 Å². The second-order valence-electron chi connectivity index (χ2n) is 6.09. The van der Waals surface area contributed by atoms with Crippen molar-refractivity contribution in [3.8, 4) is 0 Å². The van der Waals surface area contributed by atoms with E-state index in [1.807, 2.05) is 54.6 Å². The predicted octanol–water partition coefficient (Wildman–Crippen LogP) is 4.95. The number of carbonyl (C=O) groups excluding carboxylic acids is 2. The number of aldehydes is 2. The zero-order chi connectivity index (χ0) is 17.3. The van der Waals surface area contributed by atoms with E-state index in [-0.39, 0.29) is 0 Å². The van der Waals surface area contributed by atoms with Crippen molar-refractivity contribution in [2.45, 2.75) is 16.1 Å². The van der Waals surface area contributed by atoms with Crippen molar-refractivity contribution in [2.75, 3.05) is 0 Å². The Kier molecular flexibility index (Phi) is 4.02. The molecule has 0 heterocycles. The lowest BCUT2D eigenvalue weighted by Crippen LogP contribution is -2.26. The molecule has 0 spiro atoms. The Balaban J connectivity index is 1.88. The molecule has 0 N–H and O–H groups in total. The van der Waals surface area contributed by atoms with Crippen LogP contribution in [0, 0.1) is 0 Å². The molecule has 0 bridgehead atoms. The quantitative estimate of drug-likeness (QED) is 0.496. The summed E-state index contributed by atoms with van der Waals surface area (Å²) in [5.41, 5.74) is 2.51. The molecular weight excluding hydrogens is 328 g/mol. The highest BCUT2D eigenvalue weighted by Crippen LogP contribution is 2.47. The Morgan fingerprint density at radius 1 is 0.920 bits per heavy atom. The summed E-state index contributed by atoms with van der Waals surface area (Å²) in [7, 11) is 0. The van der Waals surface area contributed by atoms with Crippen molar-refractivity contribution >= 4 is 35.1 Å². The lowest BCUT2D eigenvalue weighted by Gasteiger charge is -2.31. The van der Waals surface area contributed by atoms with Crippen molar-refractivity contribution in [1.29, 1.82) is 0 Å². The second kappa shape index (κ2) is 6.34. The van der Waals surface area contributed by atoms with E-state index < -0.39 is 4.75 Å². The minimum Gasteiger partial charge on any atom is -0.301 e. The lowest BCUT2D eigenvalue weighted by atomic mass is 9.85. The average Bonchev–Trinajstić information content (AvgIpc) is 2.68. The van der Waals surface area contributed by atoms with Gasteiger partial charge in [-0.25, -0.2) is 0 Å². The van der Waals surface area contributed by atoms with Gasteiger partial charge in [0.05, 0.1) is 0 Å². The largest absolute Gasteiger partial charge is 0.301 e. The first-order valence-electron chi connectivity index (χ1n) is 8.16. The van der Waals surface area contributed by atoms with E-state index in [1.165, 1.54) is 11.8 Å². The van der Waals surface area contributed by atoms with Crippen molar-refractivity contribution in [1.82, 2.24) is 0 Å². The third-order valence-corrected chi connectivity index (χ3v) is 6.02. The molecule has 0 fully saturated rings. The number of hydrogen-bond acceptors (Lipinski definition) is 3. The molecule has 1 unspecified atom stereocenters. The third-order valence-electron chi connectivity index (χ3n) is 4.65. The van der Waals surface area contributed by atoms with E-state index in [9.17, 15) is 9.59 Å². The third kappa shape index (κ3) is 2.61. The minimum atomic E-state index is -0.809. The molecule has 3 heteroatoms. The zero-order valence-electron chi connectivity index (χ0n) is 13.5. The summed E-state index contributed by atoms with van der Waals surface area (Å²) in [5, 5.41) is 2.28. The molecule has 1 aliphatic rings. The average molecular weight is 344 g/mol. The Hall–Kier alpha value is -2.65. The summed E-state index contributed by atoms with van der Waals surface area (Å²) >= 11 is 1.53. The summed E-state index contributed by atoms with van der Waals surface area (Å²) in [6.07, 6.45) is 6.49. The first kappa shape index (κ1) is 15.9. The van der Waals surface area contributed by atoms with Gasteiger partial charge in [-0.15, -0.1) is 11.8 Å². The number of carbonyl (C=O) groups is 2. The molecule has 0 aliphatic heterocycles. The fourth-order valence-corrected chi connectivity index (χ4v) is 4.75. The molecule has 0 saturated heterocycles. The summed E-state index contributed by atoms with van der Waals surface area (Å²) in [5.74, 6) is 0. The lowest BCUT2D eigenvalue weighted by molar-refractivity contribution is -0.109. The highest BCUT2D eigenvalue weighted by molar-refractivity contribution is 8.01. The van der Waals surface area contributed by atoms with Gasteiger partial charge in [0.2, 0.25) is 0 Å². The zero-order valence-corrected chi connectivity index (χ0v) is 14.3. The number of hydrogen-bond donors (Lipinski definition) is 0. The van der Waals surface area contributed by atoms with Crippen LogP contribution in [-0.4, -0.2) is 12.6 Å². The molecule has 0 amide bonds. The van der Waals surface area contributed by atoms with E-state index in [0.717, 1.165) is 39.4 Å². The molecule has 1 aliphatic carbocycles. The molecular formula is C22H16O2S. The molecule has 0 aromatic heterocycles. The van der Waals surface area contributed by atoms with Gasteiger partial charge in [0.15, 0.2) is 0 Å². The van der Waals surface area contributed by atoms with Gasteiger partial charge in [-0.1, -0.05) is 66.7 Å². The molecule has 0 radical (unpaired) electrons. The molecule has 122 valence electrons. The standard InChI is InChI=1S/C22H16O2S/c23-14-17-8-3-11-20-18(17)10-5-13-22(20,15-24)25-21-12-4-7-16-6-1-2-9-19(16)21/h1-9,11-15H,10H2. The Morgan fingerprint density at radius 3 is 2.56 bits per heavy atom. The summed E-state index contributed by atoms with van der Waals surface area (Å²) in [4.78, 5) is 24.7. The number of fused-ring (bicyclic) bond motifs is 2. The van der Waals surface area contributed by atoms with Crippen LogP contribution in [0.4, 0.5) is 0 Å². The summed E-state index contributed by atoms with van der Waals surface area (Å²) in [6.45, 7) is 0. The van der Waals surface area contributed by atoms with Gasteiger partial charge in [-0.05, 0) is 34.4 Å². The first-order valence-corrected chi connectivity index (χ1v) is 8.97. The molecule has 1 atom stereocenters. The van der Waals surface area contributed by atoms with Crippen molar-refractivity contribution < 1.29 is 9.59 Å². The van der Waals surface area contributed by atoms with Crippen LogP contribution >= 0.6 is 11.8 Å². The van der Waals surface area contributed by atoms with Crippen LogP contribution in [0.3, 0.4) is 0 Å². The van der Waals surface area contributed by atoms with E-state index in [2.05, 4.69) is 18.2 Å². The summed E-state index contributed by atoms with van der Waals surface area (Å²) in [6, 6.07) is 19.9. The van der Waals surface area contributed by atoms with E-state index in [0.29, 0.717) is 12.0 Å². The fourth-order valence-electron chi connectivity index (χ4n) is 3.43. The number of rotatable bonds is 4. The minimum absolute atomic E-state index is 0.659. The molecule has 3 aromatic rings. The molecule has 0 saturated carbocycles. The number of benzene rings is 3. The molecule has 4 rings (SSSR count). The SMILES string of the molecule is O=Cc1cccc2c1CC=CC2(C=O)Sc1cccc2ccccc12. The van der Waals surface area contributed by atoms with Crippen LogP contribution in [0.25, 0.3) is 10.8 Å². The van der Waals surface area contributed by atoms with Gasteiger partial charge in [0.1, 0.15) is 17.3 Å². The van der Waals surface area contributed by atoms with Crippen LogP contribution in [-0.2, 0) is 16.0 Å². The fraction of sp³-hybridized carbons (Fsp3) is 0.0909. The Morgan fingerprint density at radius 2 is 1.72 bits per heavy atom. The van der Waals surface area contributed by atoms with Gasteiger partial charge < -0.3 is 4.79 Å². The maximum atomic E-state index is 12.2. The molecule has 25 heavy (non-hydrogen) atoms. The van der Waals surface area contributed by atoms with Crippen molar-refractivity contribution in [3.63, 3.8) is 0 Å². The number of thioether (sulfide) groups is 1. The monoisotopic (exact) mass is 344 g/mol. The maximum Gasteiger partial charge on any atom is 0.150 e. The normalized spacial score (nSPS) is 18.7. The van der Waals surface area contributed by atoms with Gasteiger partial charge in [0, 0.05) is 10.5 Å². The van der Waals surface area contributed by atoms with Crippen molar-refractivity contribution in [2.24, 2.45) is 0 Å². The smallest absolute Gasteiger partial charge is 0.150 e. The van der Waals surface area contributed by atoms with Gasteiger partial charge in [0.25, 0.3) is 0 Å². The van der Waals surface area contributed by atoms with Crippen LogP contribution in [0.15, 0.2) is 77.7 Å². The predicted molar refractivity (Wildman–Crippen MR) is 102 cm³/mol. The topological polar surface area (TPSA) is 34.1 Å². The maximum absolute atomic E-state index is 12.2. The summed E-state index contributed by atoms with van der Waals surface area (Å²) < 4.78 is -0.809. The number of allylic oxidation sites excluding steroid dienone is 1.